The molecule has 0 bridgehead atoms. The van der Waals surface area contributed by atoms with E-state index in [0.29, 0.717) is 11.3 Å². The van der Waals surface area contributed by atoms with Crippen LogP contribution in [0.3, 0.4) is 0 Å². The SMILES string of the molecule is CC(C)(C)OC(=O)[N+](CCCl)(CCCl)c1ccc(C[C@H](N)C(=O)NCCCCC(O)(P(=O)(O)O)P(=O)(O)O)cc1.[NaH].[NaH].[NaH]. The number of halogens is 2. The average Bonchev–Trinajstić information content (AvgIpc) is 2.81. The molecule has 0 spiro atoms. The number of rotatable bonds is 15. The van der Waals surface area contributed by atoms with Crippen LogP contribution in [0.5, 0.6) is 0 Å². The number of nitrogens with two attached hydrogens (primary N) is 1. The van der Waals surface area contributed by atoms with Crippen molar-refractivity contribution in [3.05, 3.63) is 29.8 Å². The summed E-state index contributed by atoms with van der Waals surface area (Å²) >= 11 is 12.1. The van der Waals surface area contributed by atoms with Gasteiger partial charge in [-0.15, -0.1) is 23.2 Å². The van der Waals surface area contributed by atoms with Crippen molar-refractivity contribution in [2.45, 2.75) is 63.2 Å². The number of alkyl halides is 2. The van der Waals surface area contributed by atoms with Crippen molar-refractivity contribution in [2.75, 3.05) is 31.4 Å². The van der Waals surface area contributed by atoms with Crippen molar-refractivity contribution in [1.82, 2.24) is 9.80 Å². The number of carbonyl (C=O) groups excluding carboxylic acids is 2. The summed E-state index contributed by atoms with van der Waals surface area (Å²) in [6.07, 6.45) is -1.32. The summed E-state index contributed by atoms with van der Waals surface area (Å²) in [5.41, 5.74) is 6.61. The van der Waals surface area contributed by atoms with Crippen molar-refractivity contribution in [3.8, 4) is 0 Å². The fraction of sp³-hybridized carbons (Fsp3) is 0.652. The molecule has 0 saturated carbocycles. The molecule has 1 aromatic carbocycles. The van der Waals surface area contributed by atoms with Gasteiger partial charge in [-0.3, -0.25) is 13.9 Å². The molecule has 43 heavy (non-hydrogen) atoms. The van der Waals surface area contributed by atoms with Crippen LogP contribution >= 0.6 is 38.4 Å². The quantitative estimate of drug-likeness (QED) is 0.0438. The van der Waals surface area contributed by atoms with E-state index in [9.17, 15) is 23.8 Å². The molecule has 1 aromatic rings. The number of amides is 2. The summed E-state index contributed by atoms with van der Waals surface area (Å²) in [6, 6.07) is 5.96. The van der Waals surface area contributed by atoms with Crippen molar-refractivity contribution in [3.63, 3.8) is 0 Å². The third kappa shape index (κ3) is 14.9. The van der Waals surface area contributed by atoms with Gasteiger partial charge in [-0.25, -0.2) is 0 Å². The Balaban J connectivity index is -0.00000533. The fourth-order valence-electron chi connectivity index (χ4n) is 3.85. The van der Waals surface area contributed by atoms with E-state index in [1.807, 2.05) is 0 Å². The first-order chi connectivity index (χ1) is 18.2. The van der Waals surface area contributed by atoms with E-state index in [4.69, 9.17) is 53.2 Å². The van der Waals surface area contributed by atoms with Gasteiger partial charge in [0.1, 0.15) is 24.4 Å². The normalized spacial score (nSPS) is 13.1. The Hall–Kier alpha value is 1.92. The molecule has 0 aliphatic heterocycles. The summed E-state index contributed by atoms with van der Waals surface area (Å²) in [5.74, 6) is -0.158. The monoisotopic (exact) mass is 722 g/mol. The van der Waals surface area contributed by atoms with Gasteiger partial charge >= 0.3 is 110 Å². The molecular formula is C23H43Cl2N3Na3O10P2+. The van der Waals surface area contributed by atoms with Crippen LogP contribution in [0.2, 0.25) is 0 Å². The van der Waals surface area contributed by atoms with Gasteiger partial charge in [0.05, 0.1) is 17.8 Å². The molecule has 0 aromatic heterocycles. The summed E-state index contributed by atoms with van der Waals surface area (Å²) in [5, 5.41) is 8.94. The third-order valence-electron chi connectivity index (χ3n) is 6.07. The van der Waals surface area contributed by atoms with Gasteiger partial charge in [0.2, 0.25) is 5.91 Å². The Labute approximate surface area is 329 Å². The maximum atomic E-state index is 13.2. The molecule has 0 radical (unpaired) electrons. The minimum absolute atomic E-state index is 0. The zero-order chi connectivity index (χ0) is 31.0. The summed E-state index contributed by atoms with van der Waals surface area (Å²) in [6.45, 7) is 5.80. The van der Waals surface area contributed by atoms with Gasteiger partial charge in [0.25, 0.3) is 5.08 Å². The van der Waals surface area contributed by atoms with E-state index in [0.717, 1.165) is 0 Å². The van der Waals surface area contributed by atoms with Crippen molar-refractivity contribution >= 4 is 145 Å². The standard InChI is InChI=1S/C23H39Cl2N3O10P2.3Na.3H/c1-22(2,3)38-21(30)28(14-11-24,15-12-25)18-8-6-17(7-9-18)16-19(26)20(29)27-13-5-4-10-23(31,39(32,33)34)40(35,36)37;;;;;;/h6-9,19,31H,4-5,10-16,26H2,1-3H3,(H4-,27,29,32,33,34,35,36,37);;;;;;/p+1/t19-;;;;;;/m0....../s1. The second kappa shape index (κ2) is 21.1. The second-order valence-corrected chi connectivity index (χ2v) is 15.1. The summed E-state index contributed by atoms with van der Waals surface area (Å²) < 4.78 is 28.2. The number of quaternary nitrogens is 1. The molecule has 20 heteroatoms. The van der Waals surface area contributed by atoms with Crippen LogP contribution in [0.25, 0.3) is 0 Å². The van der Waals surface area contributed by atoms with Gasteiger partial charge in [0.15, 0.2) is 0 Å². The third-order valence-corrected chi connectivity index (χ3v) is 10.3. The minimum atomic E-state index is -5.52. The fourth-order valence-corrected chi connectivity index (χ4v) is 6.68. The number of aliphatic hydroxyl groups is 1. The van der Waals surface area contributed by atoms with Gasteiger partial charge in [-0.05, 0) is 52.0 Å². The molecule has 1 rings (SSSR count). The van der Waals surface area contributed by atoms with Crippen LogP contribution in [-0.4, -0.2) is 173 Å². The molecule has 0 heterocycles. The summed E-state index contributed by atoms with van der Waals surface area (Å²) in [7, 11) is -11.0. The number of unbranched alkanes of at least 4 members (excludes halogenated alkanes) is 1. The molecule has 13 nitrogen and oxygen atoms in total. The number of nitrogens with one attached hydrogen (secondary N) is 1. The van der Waals surface area contributed by atoms with Gasteiger partial charge < -0.3 is 40.5 Å². The molecule has 0 unspecified atom stereocenters. The second-order valence-electron chi connectivity index (χ2n) is 10.4. The Kier molecular flexibility index (Phi) is 24.2. The number of hydrogen-bond donors (Lipinski definition) is 7. The average molecular weight is 723 g/mol. The summed E-state index contributed by atoms with van der Waals surface area (Å²) in [4.78, 5) is 62.3. The van der Waals surface area contributed by atoms with Crippen LogP contribution in [0.15, 0.2) is 24.3 Å². The number of carbonyl (C=O) groups is 2. The number of ether oxygens (including phenoxy) is 1. The van der Waals surface area contributed by atoms with E-state index >= 15 is 0 Å². The zero-order valence-corrected chi connectivity index (χ0v) is 26.0. The Bertz CT molecular complexity index is 1080. The molecule has 2 amide bonds. The molecule has 0 saturated heterocycles. The number of benzene rings is 1. The predicted octanol–water partition coefficient (Wildman–Crippen LogP) is 0.619. The van der Waals surface area contributed by atoms with Crippen LogP contribution in [0.4, 0.5) is 10.5 Å². The van der Waals surface area contributed by atoms with Crippen LogP contribution in [0, 0.1) is 0 Å². The van der Waals surface area contributed by atoms with Gasteiger partial charge in [-0.1, -0.05) is 12.1 Å². The predicted molar refractivity (Wildman–Crippen MR) is 175 cm³/mol. The molecular weight excluding hydrogens is 680 g/mol. The molecule has 0 fully saturated rings. The first-order valence-corrected chi connectivity index (χ1v) is 16.7. The van der Waals surface area contributed by atoms with Crippen LogP contribution in [-0.2, 0) is 25.1 Å². The molecule has 0 aliphatic rings. The Morgan fingerprint density at radius 2 is 1.42 bits per heavy atom. The molecule has 236 valence electrons. The van der Waals surface area contributed by atoms with Crippen molar-refractivity contribution < 1.29 is 48.1 Å². The number of nitrogens with zero attached hydrogens (tertiary/aromatic N) is 1. The topological polar surface area (TPSA) is 217 Å². The van der Waals surface area contributed by atoms with E-state index < -0.39 is 50.3 Å². The van der Waals surface area contributed by atoms with Crippen LogP contribution in [0.1, 0.15) is 45.6 Å². The van der Waals surface area contributed by atoms with Gasteiger partial charge in [-0.2, -0.15) is 9.28 Å². The van der Waals surface area contributed by atoms with E-state index in [-0.39, 0.29) is 144 Å². The van der Waals surface area contributed by atoms with E-state index in [2.05, 4.69) is 5.32 Å². The molecule has 0 aliphatic carbocycles. The van der Waals surface area contributed by atoms with Crippen LogP contribution < -0.4 is 15.5 Å². The first kappa shape index (κ1) is 49.3. The van der Waals surface area contributed by atoms with Crippen molar-refractivity contribution in [2.24, 2.45) is 5.73 Å². The van der Waals surface area contributed by atoms with E-state index in [1.54, 1.807) is 45.0 Å². The zero-order valence-electron chi connectivity index (χ0n) is 22.7. The van der Waals surface area contributed by atoms with E-state index in [1.165, 1.54) is 0 Å². The van der Waals surface area contributed by atoms with Gasteiger partial charge in [0, 0.05) is 18.7 Å². The van der Waals surface area contributed by atoms with Crippen molar-refractivity contribution in [1.29, 1.82) is 0 Å². The Morgan fingerprint density at radius 1 is 0.953 bits per heavy atom. The Morgan fingerprint density at radius 3 is 1.81 bits per heavy atom. The number of hydrogen-bond acceptors (Lipinski definition) is 7. The molecule has 8 N–H and O–H groups in total. The first-order valence-electron chi connectivity index (χ1n) is 12.4. The molecule has 1 atom stereocenters. The maximum absolute atomic E-state index is 13.2.